The molecule has 0 fully saturated rings. The number of alkyl halides is 6. The lowest BCUT2D eigenvalue weighted by Crippen LogP contribution is -3.59. The Labute approximate surface area is 155 Å². The molecule has 138 valence electrons. The van der Waals surface area contributed by atoms with Gasteiger partial charge in [0.2, 0.25) is 3.57 Å². The van der Waals surface area contributed by atoms with Gasteiger partial charge < -0.3 is 9.90 Å². The number of carboxylic acid groups (broad SMARTS) is 1. The lowest BCUT2D eigenvalue weighted by Gasteiger charge is -2.04. The molecule has 9 heteroatoms. The molecule has 0 heterocycles. The van der Waals surface area contributed by atoms with E-state index in [1.54, 1.807) is 0 Å². The second kappa shape index (κ2) is 9.47. The minimum atomic E-state index is -5.19. The zero-order chi connectivity index (χ0) is 19.8. The van der Waals surface area contributed by atoms with Crippen molar-refractivity contribution < 1.29 is 57.4 Å². The summed E-state index contributed by atoms with van der Waals surface area (Å²) in [7, 11) is 0. The number of carbonyl (C=O) groups excluding carboxylic acids is 1. The van der Waals surface area contributed by atoms with Crippen LogP contribution in [0.15, 0.2) is 54.6 Å². The minimum Gasteiger partial charge on any atom is -0.542 e. The summed E-state index contributed by atoms with van der Waals surface area (Å²) >= 11 is -0.413. The van der Waals surface area contributed by atoms with Crippen molar-refractivity contribution in [1.82, 2.24) is 0 Å². The molecule has 2 aromatic carbocycles. The Kier molecular flexibility index (Phi) is 7.95. The maximum atomic E-state index is 12.4. The molecule has 0 amide bonds. The van der Waals surface area contributed by atoms with Crippen molar-refractivity contribution in [2.24, 2.45) is 0 Å². The highest BCUT2D eigenvalue weighted by Crippen LogP contribution is 2.28. The molecule has 2 aromatic rings. The highest BCUT2D eigenvalue weighted by Gasteiger charge is 2.30. The Morgan fingerprint density at radius 1 is 0.885 bits per heavy atom. The fourth-order valence-electron chi connectivity index (χ4n) is 1.35. The molecule has 0 aliphatic carbocycles. The zero-order valence-corrected chi connectivity index (χ0v) is 14.8. The van der Waals surface area contributed by atoms with Crippen LogP contribution < -0.4 is 26.3 Å². The second-order valence-corrected chi connectivity index (χ2v) is 6.79. The summed E-state index contributed by atoms with van der Waals surface area (Å²) in [6.07, 6.45) is -9.48. The van der Waals surface area contributed by atoms with Crippen molar-refractivity contribution in [1.29, 1.82) is 0 Å². The number of carbonyl (C=O) groups is 1. The maximum absolute atomic E-state index is 12.4. The molecule has 0 aromatic heterocycles. The van der Waals surface area contributed by atoms with E-state index in [2.05, 4.69) is 9.85 Å². The van der Waals surface area contributed by atoms with Crippen molar-refractivity contribution in [3.8, 4) is 9.85 Å². The van der Waals surface area contributed by atoms with Crippen LogP contribution in [0.1, 0.15) is 11.1 Å². The Balaban J connectivity index is 0.000000412. The van der Waals surface area contributed by atoms with Gasteiger partial charge in [-0.05, 0) is 42.3 Å². The highest BCUT2D eigenvalue weighted by atomic mass is 127. The predicted molar refractivity (Wildman–Crippen MR) is 74.5 cm³/mol. The predicted octanol–water partition coefficient (Wildman–Crippen LogP) is 0.272. The molecule has 0 bridgehead atoms. The largest absolute Gasteiger partial charge is 0.542 e. The van der Waals surface area contributed by atoms with E-state index >= 15 is 0 Å². The molecule has 26 heavy (non-hydrogen) atoms. The number of benzene rings is 2. The molecule has 0 spiro atoms. The Morgan fingerprint density at radius 2 is 1.38 bits per heavy atom. The monoisotopic (exact) mass is 486 g/mol. The Bertz CT molecular complexity index is 771. The summed E-state index contributed by atoms with van der Waals surface area (Å²) in [6.45, 7) is 0. The van der Waals surface area contributed by atoms with E-state index < -0.39 is 45.1 Å². The Morgan fingerprint density at radius 3 is 1.81 bits per heavy atom. The van der Waals surface area contributed by atoms with Gasteiger partial charge in [0.1, 0.15) is 5.97 Å². The Hall–Kier alpha value is -2.22. The zero-order valence-electron chi connectivity index (χ0n) is 12.7. The van der Waals surface area contributed by atoms with E-state index in [9.17, 15) is 26.3 Å². The van der Waals surface area contributed by atoms with Crippen molar-refractivity contribution >= 4 is 5.97 Å². The summed E-state index contributed by atoms with van der Waals surface area (Å²) in [5, 5.41) is 8.78. The van der Waals surface area contributed by atoms with Crippen molar-refractivity contribution in [3.63, 3.8) is 0 Å². The maximum Gasteiger partial charge on any atom is 0.430 e. The molecule has 0 radical (unpaired) electrons. The van der Waals surface area contributed by atoms with Gasteiger partial charge in [-0.25, -0.2) is 0 Å². The average molecular weight is 486 g/mol. The number of hydrogen-bond acceptors (Lipinski definition) is 2. The summed E-state index contributed by atoms with van der Waals surface area (Å²) in [5.41, 5.74) is -0.0283. The van der Waals surface area contributed by atoms with Crippen LogP contribution >= 0.6 is 0 Å². The van der Waals surface area contributed by atoms with Gasteiger partial charge in [-0.2, -0.15) is 26.3 Å². The topological polar surface area (TPSA) is 40.1 Å². The van der Waals surface area contributed by atoms with Crippen molar-refractivity contribution in [3.05, 3.63) is 69.3 Å². The first kappa shape index (κ1) is 21.8. The molecule has 0 N–H and O–H groups in total. The minimum absolute atomic E-state index is 0.413. The van der Waals surface area contributed by atoms with Crippen LogP contribution in [0.5, 0.6) is 0 Å². The van der Waals surface area contributed by atoms with Crippen LogP contribution in [0.2, 0.25) is 0 Å². The second-order valence-electron chi connectivity index (χ2n) is 4.47. The van der Waals surface area contributed by atoms with E-state index in [0.717, 1.165) is 12.1 Å². The first-order valence-electron chi connectivity index (χ1n) is 6.65. The number of rotatable bonds is 1. The third kappa shape index (κ3) is 8.24. The molecule has 0 atom stereocenters. The number of halogens is 7. The van der Waals surface area contributed by atoms with E-state index in [-0.39, 0.29) is 0 Å². The van der Waals surface area contributed by atoms with Crippen LogP contribution in [0.25, 0.3) is 0 Å². The molecule has 0 aliphatic rings. The first-order valence-corrected chi connectivity index (χ1v) is 8.81. The third-order valence-electron chi connectivity index (χ3n) is 2.52. The SMILES string of the molecule is FC(F)(F)c1ccc(C#C[I+]c2ccccc2)cc1.O=C([O-])C(F)(F)F. The number of hydrogen-bond donors (Lipinski definition) is 0. The molecule has 0 aliphatic heterocycles. The van der Waals surface area contributed by atoms with Gasteiger partial charge in [0.25, 0.3) is 0 Å². The van der Waals surface area contributed by atoms with Gasteiger partial charge >= 0.3 is 33.6 Å². The highest BCUT2D eigenvalue weighted by molar-refractivity contribution is 5.70. The van der Waals surface area contributed by atoms with Gasteiger partial charge in [0, 0.05) is 5.56 Å². The summed E-state index contributed by atoms with van der Waals surface area (Å²) in [6, 6.07) is 14.8. The molecule has 0 unspecified atom stereocenters. The molecule has 2 nitrogen and oxygen atoms in total. The molecular formula is C17H9F6IO2. The number of carboxylic acids is 1. The fraction of sp³-hybridized carbons (Fsp3) is 0.118. The first-order chi connectivity index (χ1) is 12.0. The lowest BCUT2D eigenvalue weighted by atomic mass is 10.1. The summed E-state index contributed by atoms with van der Waals surface area (Å²) < 4.78 is 72.9. The average Bonchev–Trinajstić information content (AvgIpc) is 2.55. The van der Waals surface area contributed by atoms with E-state index in [4.69, 9.17) is 9.90 Å². The van der Waals surface area contributed by atoms with Crippen molar-refractivity contribution in [2.75, 3.05) is 0 Å². The quantitative estimate of drug-likeness (QED) is 0.330. The molecule has 0 saturated carbocycles. The van der Waals surface area contributed by atoms with E-state index in [1.807, 2.05) is 30.3 Å². The van der Waals surface area contributed by atoms with Gasteiger partial charge in [-0.15, -0.1) is 0 Å². The summed E-state index contributed by atoms with van der Waals surface area (Å²) in [5.74, 6) is -0.104. The normalized spacial score (nSPS) is 10.8. The van der Waals surface area contributed by atoms with E-state index in [1.165, 1.54) is 15.7 Å². The standard InChI is InChI=1S/C15H9F3I.C2HF3O2/c16-15(17,18)13-8-6-12(7-9-13)10-11-19-14-4-2-1-3-5-14;3-2(4,5)1(6)7/h1-9H;(H,6,7)/q+1;/p-1. The lowest BCUT2D eigenvalue weighted by molar-refractivity contribution is -0.535. The number of aliphatic carboxylic acids is 1. The van der Waals surface area contributed by atoms with Crippen LogP contribution in [0.4, 0.5) is 26.3 Å². The van der Waals surface area contributed by atoms with Gasteiger partial charge in [0.05, 0.1) is 5.56 Å². The molecule has 0 saturated heterocycles. The van der Waals surface area contributed by atoms with Crippen LogP contribution in [-0.2, 0) is 11.0 Å². The molecule has 2 rings (SSSR count). The molecular weight excluding hydrogens is 477 g/mol. The van der Waals surface area contributed by atoms with Gasteiger partial charge in [0.15, 0.2) is 3.93 Å². The van der Waals surface area contributed by atoms with Gasteiger partial charge in [-0.1, -0.05) is 18.2 Å². The van der Waals surface area contributed by atoms with E-state index in [0.29, 0.717) is 5.56 Å². The van der Waals surface area contributed by atoms with Crippen molar-refractivity contribution in [2.45, 2.75) is 12.4 Å². The van der Waals surface area contributed by atoms with Crippen LogP contribution in [0, 0.1) is 13.4 Å². The third-order valence-corrected chi connectivity index (χ3v) is 4.41. The smallest absolute Gasteiger partial charge is 0.430 e. The van der Waals surface area contributed by atoms with Gasteiger partial charge in [-0.3, -0.25) is 0 Å². The van der Waals surface area contributed by atoms with Crippen LogP contribution in [-0.4, -0.2) is 12.1 Å². The fourth-order valence-corrected chi connectivity index (χ4v) is 2.89. The summed E-state index contributed by atoms with van der Waals surface area (Å²) in [4.78, 5) is 8.78. The van der Waals surface area contributed by atoms with Crippen LogP contribution in [0.3, 0.4) is 0 Å².